The summed E-state index contributed by atoms with van der Waals surface area (Å²) >= 11 is 1.68. The van der Waals surface area contributed by atoms with Gasteiger partial charge < -0.3 is 10.2 Å². The van der Waals surface area contributed by atoms with Crippen LogP contribution in [0, 0.1) is 0 Å². The zero-order valence-corrected chi connectivity index (χ0v) is 12.1. The number of hydrogen-bond acceptors (Lipinski definition) is 6. The van der Waals surface area contributed by atoms with Crippen LogP contribution in [0.4, 0.5) is 11.9 Å². The molecule has 0 saturated carbocycles. The molecule has 18 heavy (non-hydrogen) atoms. The van der Waals surface area contributed by atoms with E-state index in [1.807, 2.05) is 0 Å². The number of aromatic nitrogens is 3. The molecule has 0 aliphatic carbocycles. The van der Waals surface area contributed by atoms with Crippen LogP contribution in [-0.4, -0.2) is 39.8 Å². The zero-order chi connectivity index (χ0) is 13.0. The molecule has 100 valence electrons. The molecule has 1 saturated heterocycles. The summed E-state index contributed by atoms with van der Waals surface area (Å²) in [6.07, 6.45) is 2.46. The van der Waals surface area contributed by atoms with Crippen molar-refractivity contribution in [2.24, 2.45) is 0 Å². The molecule has 0 spiro atoms. The van der Waals surface area contributed by atoms with Crippen LogP contribution in [0.25, 0.3) is 0 Å². The highest BCUT2D eigenvalue weighted by atomic mass is 32.2. The van der Waals surface area contributed by atoms with E-state index >= 15 is 0 Å². The van der Waals surface area contributed by atoms with E-state index < -0.39 is 0 Å². The van der Waals surface area contributed by atoms with E-state index in [1.54, 1.807) is 11.8 Å². The van der Waals surface area contributed by atoms with Crippen molar-refractivity contribution in [3.8, 4) is 0 Å². The first-order valence-corrected chi connectivity index (χ1v) is 7.48. The lowest BCUT2D eigenvalue weighted by Gasteiger charge is -2.16. The largest absolute Gasteiger partial charge is 0.354 e. The Hall–Kier alpha value is -1.04. The van der Waals surface area contributed by atoms with E-state index in [0.717, 1.165) is 30.7 Å². The van der Waals surface area contributed by atoms with E-state index in [-0.39, 0.29) is 0 Å². The fourth-order valence-electron chi connectivity index (χ4n) is 1.91. The lowest BCUT2D eigenvalue weighted by molar-refractivity contribution is 0.824. The Balaban J connectivity index is 2.23. The van der Waals surface area contributed by atoms with Crippen molar-refractivity contribution in [2.75, 3.05) is 29.9 Å². The van der Waals surface area contributed by atoms with Gasteiger partial charge in [0.2, 0.25) is 11.9 Å². The van der Waals surface area contributed by atoms with Crippen LogP contribution in [0.5, 0.6) is 0 Å². The minimum Gasteiger partial charge on any atom is -0.354 e. The van der Waals surface area contributed by atoms with Crippen molar-refractivity contribution in [3.05, 3.63) is 0 Å². The second-order valence-electron chi connectivity index (χ2n) is 4.63. The van der Waals surface area contributed by atoms with Gasteiger partial charge in [-0.05, 0) is 19.8 Å². The van der Waals surface area contributed by atoms with Gasteiger partial charge in [-0.2, -0.15) is 15.0 Å². The Bertz CT molecular complexity index is 390. The zero-order valence-electron chi connectivity index (χ0n) is 11.3. The minimum absolute atomic E-state index is 0.480. The molecule has 2 heterocycles. The van der Waals surface area contributed by atoms with Gasteiger partial charge in [0.15, 0.2) is 5.16 Å². The molecule has 1 fully saturated rings. The molecule has 0 unspecified atom stereocenters. The van der Waals surface area contributed by atoms with Crippen LogP contribution in [0.1, 0.15) is 33.6 Å². The number of anilines is 2. The summed E-state index contributed by atoms with van der Waals surface area (Å²) in [5, 5.41) is 4.48. The molecule has 1 N–H and O–H groups in total. The number of rotatable bonds is 5. The van der Waals surface area contributed by atoms with Crippen LogP contribution < -0.4 is 10.2 Å². The van der Waals surface area contributed by atoms with Crippen LogP contribution in [0.15, 0.2) is 5.16 Å². The highest BCUT2D eigenvalue weighted by Gasteiger charge is 2.17. The van der Waals surface area contributed by atoms with E-state index in [9.17, 15) is 0 Å². The third-order valence-electron chi connectivity index (χ3n) is 2.67. The van der Waals surface area contributed by atoms with Crippen molar-refractivity contribution < 1.29 is 0 Å². The van der Waals surface area contributed by atoms with Gasteiger partial charge in [-0.3, -0.25) is 0 Å². The summed E-state index contributed by atoms with van der Waals surface area (Å²) in [5.74, 6) is 1.51. The molecule has 1 aromatic heterocycles. The molecule has 0 bridgehead atoms. The van der Waals surface area contributed by atoms with E-state index in [4.69, 9.17) is 0 Å². The van der Waals surface area contributed by atoms with Crippen LogP contribution in [-0.2, 0) is 0 Å². The van der Waals surface area contributed by atoms with E-state index in [1.165, 1.54) is 12.8 Å². The van der Waals surface area contributed by atoms with Crippen molar-refractivity contribution >= 4 is 23.7 Å². The fourth-order valence-corrected chi connectivity index (χ4v) is 2.60. The molecule has 1 aromatic rings. The van der Waals surface area contributed by atoms with Crippen LogP contribution in [0.3, 0.4) is 0 Å². The average molecular weight is 267 g/mol. The maximum Gasteiger partial charge on any atom is 0.231 e. The van der Waals surface area contributed by atoms with Crippen molar-refractivity contribution in [1.82, 2.24) is 15.0 Å². The smallest absolute Gasteiger partial charge is 0.231 e. The second kappa shape index (κ2) is 6.22. The van der Waals surface area contributed by atoms with Gasteiger partial charge in [0.05, 0.1) is 0 Å². The molecular formula is C12H21N5S. The Kier molecular flexibility index (Phi) is 4.63. The van der Waals surface area contributed by atoms with Crippen molar-refractivity contribution in [2.45, 2.75) is 44.0 Å². The van der Waals surface area contributed by atoms with Gasteiger partial charge >= 0.3 is 0 Å². The summed E-state index contributed by atoms with van der Waals surface area (Å²) in [4.78, 5) is 15.7. The first-order valence-electron chi connectivity index (χ1n) is 6.60. The lowest BCUT2D eigenvalue weighted by Crippen LogP contribution is -2.22. The minimum atomic E-state index is 0.480. The monoisotopic (exact) mass is 267 g/mol. The number of nitrogens with one attached hydrogen (secondary N) is 1. The maximum atomic E-state index is 4.56. The number of nitrogens with zero attached hydrogens (tertiary/aromatic N) is 4. The van der Waals surface area contributed by atoms with Gasteiger partial charge in [-0.25, -0.2) is 0 Å². The van der Waals surface area contributed by atoms with Crippen molar-refractivity contribution in [1.29, 1.82) is 0 Å². The Morgan fingerprint density at radius 3 is 2.56 bits per heavy atom. The molecule has 1 aliphatic rings. The third kappa shape index (κ3) is 3.48. The molecule has 5 nitrogen and oxygen atoms in total. The molecule has 6 heteroatoms. The normalized spacial score (nSPS) is 15.4. The highest BCUT2D eigenvalue weighted by molar-refractivity contribution is 7.99. The molecule has 1 aliphatic heterocycles. The molecule has 0 radical (unpaired) electrons. The summed E-state index contributed by atoms with van der Waals surface area (Å²) in [5.41, 5.74) is 0. The number of hydrogen-bond donors (Lipinski definition) is 1. The maximum absolute atomic E-state index is 4.56. The number of thioether (sulfide) groups is 1. The summed E-state index contributed by atoms with van der Waals surface area (Å²) in [7, 11) is 0. The highest BCUT2D eigenvalue weighted by Crippen LogP contribution is 2.23. The van der Waals surface area contributed by atoms with Gasteiger partial charge in [-0.1, -0.05) is 25.6 Å². The van der Waals surface area contributed by atoms with Gasteiger partial charge in [0.25, 0.3) is 0 Å². The first kappa shape index (κ1) is 13.4. The second-order valence-corrected chi connectivity index (χ2v) is 6.18. The molecular weight excluding hydrogens is 246 g/mol. The SMILES string of the molecule is CCNc1nc(SC(C)C)nc(N2CCCC2)n1. The average Bonchev–Trinajstić information content (AvgIpc) is 2.81. The summed E-state index contributed by atoms with van der Waals surface area (Å²) in [6, 6.07) is 0. The van der Waals surface area contributed by atoms with Gasteiger partial charge in [-0.15, -0.1) is 0 Å². The Morgan fingerprint density at radius 2 is 1.94 bits per heavy atom. The molecule has 2 rings (SSSR count). The van der Waals surface area contributed by atoms with E-state index in [2.05, 4.69) is 45.9 Å². The topological polar surface area (TPSA) is 53.9 Å². The van der Waals surface area contributed by atoms with Gasteiger partial charge in [0.1, 0.15) is 0 Å². The Labute approximate surface area is 113 Å². The quantitative estimate of drug-likeness (QED) is 0.827. The predicted molar refractivity (Wildman–Crippen MR) is 76.4 cm³/mol. The van der Waals surface area contributed by atoms with Crippen LogP contribution >= 0.6 is 11.8 Å². The molecule has 0 atom stereocenters. The molecule has 0 amide bonds. The molecule has 0 aromatic carbocycles. The summed E-state index contributed by atoms with van der Waals surface area (Å²) < 4.78 is 0. The van der Waals surface area contributed by atoms with Crippen molar-refractivity contribution in [3.63, 3.8) is 0 Å². The standard InChI is InChI=1S/C12H21N5S/c1-4-13-10-14-11(17-7-5-6-8-17)16-12(15-10)18-9(2)3/h9H,4-8H2,1-3H3,(H,13,14,15,16). The third-order valence-corrected chi connectivity index (χ3v) is 3.53. The first-order chi connectivity index (χ1) is 8.69. The van der Waals surface area contributed by atoms with Gasteiger partial charge in [0, 0.05) is 24.9 Å². The predicted octanol–water partition coefficient (Wildman–Crippen LogP) is 2.40. The summed E-state index contributed by atoms with van der Waals surface area (Å²) in [6.45, 7) is 9.29. The fraction of sp³-hybridized carbons (Fsp3) is 0.750. The van der Waals surface area contributed by atoms with Crippen LogP contribution in [0.2, 0.25) is 0 Å². The Morgan fingerprint density at radius 1 is 1.22 bits per heavy atom. The van der Waals surface area contributed by atoms with E-state index in [0.29, 0.717) is 11.2 Å². The lowest BCUT2D eigenvalue weighted by atomic mass is 10.4.